The van der Waals surface area contributed by atoms with E-state index in [1.165, 1.54) is 18.2 Å². The number of fused-ring (bicyclic) bond motifs is 3. The number of carbonyl (C=O) groups is 2. The van der Waals surface area contributed by atoms with Crippen LogP contribution in [-0.2, 0) is 6.42 Å². The predicted octanol–water partition coefficient (Wildman–Crippen LogP) is 1.70. The number of carbonyl (C=O) groups excluding carboxylic acids is 2. The Morgan fingerprint density at radius 2 is 1.70 bits per heavy atom. The number of hydrogen-bond acceptors (Lipinski definition) is 7. The highest BCUT2D eigenvalue weighted by atomic mass is 16.3. The second kappa shape index (κ2) is 5.55. The van der Waals surface area contributed by atoms with E-state index in [4.69, 9.17) is 0 Å². The maximum atomic E-state index is 12.9. The van der Waals surface area contributed by atoms with Crippen LogP contribution in [0.3, 0.4) is 0 Å². The van der Waals surface area contributed by atoms with Crippen LogP contribution in [0.25, 0.3) is 0 Å². The van der Waals surface area contributed by atoms with Crippen molar-refractivity contribution in [1.82, 2.24) is 0 Å². The van der Waals surface area contributed by atoms with Crippen LogP contribution in [0.1, 0.15) is 68.8 Å². The molecule has 27 heavy (non-hydrogen) atoms. The first kappa shape index (κ1) is 17.5. The Labute approximate surface area is 154 Å². The van der Waals surface area contributed by atoms with E-state index in [9.17, 15) is 35.1 Å². The molecule has 0 saturated heterocycles. The normalized spacial score (nSPS) is 23.6. The van der Waals surface area contributed by atoms with Gasteiger partial charge in [-0.3, -0.25) is 9.59 Å². The number of hydrogen-bond donors (Lipinski definition) is 5. The molecule has 0 unspecified atom stereocenters. The summed E-state index contributed by atoms with van der Waals surface area (Å²) in [6, 6.07) is 4.01. The fourth-order valence-electron chi connectivity index (χ4n) is 4.13. The fraction of sp³-hybridized carbons (Fsp3) is 0.300. The predicted molar refractivity (Wildman–Crippen MR) is 93.3 cm³/mol. The van der Waals surface area contributed by atoms with E-state index in [1.54, 1.807) is 6.92 Å². The van der Waals surface area contributed by atoms with Gasteiger partial charge in [0, 0.05) is 29.5 Å². The number of rotatable bonds is 1. The van der Waals surface area contributed by atoms with Gasteiger partial charge in [0.05, 0.1) is 28.4 Å². The second-order valence-corrected chi connectivity index (χ2v) is 7.17. The molecule has 0 spiro atoms. The maximum Gasteiger partial charge on any atom is 0.202 e. The number of phenols is 3. The Morgan fingerprint density at radius 3 is 2.37 bits per heavy atom. The van der Waals surface area contributed by atoms with Crippen molar-refractivity contribution in [2.24, 2.45) is 0 Å². The Balaban J connectivity index is 2.05. The zero-order valence-electron chi connectivity index (χ0n) is 14.5. The summed E-state index contributed by atoms with van der Waals surface area (Å²) in [6.07, 6.45) is -1.17. The van der Waals surface area contributed by atoms with Crippen LogP contribution in [0.15, 0.2) is 18.2 Å². The van der Waals surface area contributed by atoms with Crippen molar-refractivity contribution in [3.05, 3.63) is 51.6 Å². The highest BCUT2D eigenvalue weighted by molar-refractivity contribution is 6.31. The Hall–Kier alpha value is -2.90. The molecule has 2 aromatic rings. The molecule has 0 heterocycles. The summed E-state index contributed by atoms with van der Waals surface area (Å²) in [5.41, 5.74) is -2.46. The summed E-state index contributed by atoms with van der Waals surface area (Å²) in [6.45, 7) is 1.72. The third kappa shape index (κ3) is 2.22. The topological polar surface area (TPSA) is 135 Å². The first-order valence-electron chi connectivity index (χ1n) is 8.62. The van der Waals surface area contributed by atoms with Crippen LogP contribution in [0.2, 0.25) is 0 Å². The summed E-state index contributed by atoms with van der Waals surface area (Å²) >= 11 is 0. The number of aliphatic hydroxyl groups excluding tert-OH is 1. The molecule has 140 valence electrons. The van der Waals surface area contributed by atoms with E-state index in [0.717, 1.165) is 0 Å². The van der Waals surface area contributed by atoms with Crippen LogP contribution in [0, 0.1) is 0 Å². The fourth-order valence-corrected chi connectivity index (χ4v) is 4.13. The molecule has 4 rings (SSSR count). The van der Waals surface area contributed by atoms with Crippen LogP contribution >= 0.6 is 0 Å². The molecule has 0 fully saturated rings. The number of benzene rings is 2. The molecular formula is C20H18O7. The van der Waals surface area contributed by atoms with E-state index < -0.39 is 46.1 Å². The highest BCUT2D eigenvalue weighted by Crippen LogP contribution is 2.51. The molecule has 0 saturated carbocycles. The lowest BCUT2D eigenvalue weighted by Crippen LogP contribution is -2.38. The van der Waals surface area contributed by atoms with E-state index in [2.05, 4.69) is 0 Å². The monoisotopic (exact) mass is 370 g/mol. The SMILES string of the molecule is CC[C@]1(O)Cc2c(O)c3c(c(O)c2[C@H](O)C1)C(=O)c1c(O)cccc1C3=O. The summed E-state index contributed by atoms with van der Waals surface area (Å²) < 4.78 is 0. The lowest BCUT2D eigenvalue weighted by atomic mass is 9.72. The van der Waals surface area contributed by atoms with E-state index in [0.29, 0.717) is 6.42 Å². The average molecular weight is 370 g/mol. The van der Waals surface area contributed by atoms with Gasteiger partial charge in [0.15, 0.2) is 5.78 Å². The van der Waals surface area contributed by atoms with Crippen molar-refractivity contribution < 1.29 is 35.1 Å². The number of ketones is 2. The molecule has 0 bridgehead atoms. The van der Waals surface area contributed by atoms with E-state index >= 15 is 0 Å². The van der Waals surface area contributed by atoms with Gasteiger partial charge in [-0.2, -0.15) is 0 Å². The van der Waals surface area contributed by atoms with Gasteiger partial charge in [-0.15, -0.1) is 0 Å². The minimum Gasteiger partial charge on any atom is -0.507 e. The summed E-state index contributed by atoms with van der Waals surface area (Å²) in [7, 11) is 0. The van der Waals surface area contributed by atoms with Crippen LogP contribution < -0.4 is 0 Å². The summed E-state index contributed by atoms with van der Waals surface area (Å²) in [5, 5.41) is 52.6. The van der Waals surface area contributed by atoms with Crippen LogP contribution in [0.4, 0.5) is 0 Å². The lowest BCUT2D eigenvalue weighted by Gasteiger charge is -2.37. The standard InChI is InChI=1S/C20H18O7/c1-2-20(27)6-9-13(11(22)7-20)19(26)15-14(17(9)24)16(23)8-4-3-5-10(21)12(8)18(15)25/h3-5,11,21-22,24,26-27H,2,6-7H2,1H3/t11-,20+/m1/s1. The summed E-state index contributed by atoms with van der Waals surface area (Å²) in [4.78, 5) is 25.8. The second-order valence-electron chi connectivity index (χ2n) is 7.17. The minimum atomic E-state index is -1.32. The Bertz CT molecular complexity index is 1020. The smallest absolute Gasteiger partial charge is 0.202 e. The average Bonchev–Trinajstić information content (AvgIpc) is 2.62. The number of phenolic OH excluding ortho intramolecular Hbond substituents is 3. The molecular weight excluding hydrogens is 352 g/mol. The molecule has 0 aromatic heterocycles. The van der Waals surface area contributed by atoms with Crippen molar-refractivity contribution >= 4 is 11.6 Å². The third-order valence-electron chi connectivity index (χ3n) is 5.63. The molecule has 0 aliphatic heterocycles. The van der Waals surface area contributed by atoms with Gasteiger partial charge < -0.3 is 25.5 Å². The molecule has 5 N–H and O–H groups in total. The van der Waals surface area contributed by atoms with Gasteiger partial charge in [0.25, 0.3) is 0 Å². The van der Waals surface area contributed by atoms with Gasteiger partial charge in [-0.05, 0) is 12.5 Å². The molecule has 2 aliphatic carbocycles. The van der Waals surface area contributed by atoms with Crippen LogP contribution in [0.5, 0.6) is 17.2 Å². The largest absolute Gasteiger partial charge is 0.507 e. The molecule has 2 aromatic carbocycles. The highest BCUT2D eigenvalue weighted by Gasteiger charge is 2.44. The first-order valence-corrected chi connectivity index (χ1v) is 8.62. The minimum absolute atomic E-state index is 0.0547. The third-order valence-corrected chi connectivity index (χ3v) is 5.63. The van der Waals surface area contributed by atoms with Gasteiger partial charge in [0.2, 0.25) is 5.78 Å². The lowest BCUT2D eigenvalue weighted by molar-refractivity contribution is -0.0260. The van der Waals surface area contributed by atoms with Gasteiger partial charge in [-0.25, -0.2) is 0 Å². The van der Waals surface area contributed by atoms with Crippen molar-refractivity contribution in [3.63, 3.8) is 0 Å². The van der Waals surface area contributed by atoms with Gasteiger partial charge in [-0.1, -0.05) is 19.1 Å². The zero-order valence-corrected chi connectivity index (χ0v) is 14.5. The molecule has 2 aliphatic rings. The van der Waals surface area contributed by atoms with Crippen molar-refractivity contribution in [2.75, 3.05) is 0 Å². The van der Waals surface area contributed by atoms with E-state index in [-0.39, 0.29) is 40.7 Å². The van der Waals surface area contributed by atoms with Crippen molar-refractivity contribution in [2.45, 2.75) is 37.9 Å². The van der Waals surface area contributed by atoms with Crippen molar-refractivity contribution in [1.29, 1.82) is 0 Å². The van der Waals surface area contributed by atoms with Crippen LogP contribution in [-0.4, -0.2) is 42.7 Å². The maximum absolute atomic E-state index is 12.9. The first-order chi connectivity index (χ1) is 12.7. The number of aliphatic hydroxyl groups is 2. The number of aromatic hydroxyl groups is 3. The Kier molecular flexibility index (Phi) is 3.60. The zero-order chi connectivity index (χ0) is 19.7. The molecule has 2 atom stereocenters. The molecule has 0 radical (unpaired) electrons. The van der Waals surface area contributed by atoms with Gasteiger partial charge in [0.1, 0.15) is 17.2 Å². The van der Waals surface area contributed by atoms with Crippen molar-refractivity contribution in [3.8, 4) is 17.2 Å². The summed E-state index contributed by atoms with van der Waals surface area (Å²) in [5.74, 6) is -3.07. The van der Waals surface area contributed by atoms with E-state index in [1.807, 2.05) is 0 Å². The molecule has 0 amide bonds. The Morgan fingerprint density at radius 1 is 1.04 bits per heavy atom. The quantitative estimate of drug-likeness (QED) is 0.411. The van der Waals surface area contributed by atoms with Gasteiger partial charge >= 0.3 is 0 Å². The molecule has 7 nitrogen and oxygen atoms in total. The molecule has 7 heteroatoms.